The number of nitrogens with zero attached hydrogens (tertiary/aromatic N) is 5. The Bertz CT molecular complexity index is 694. The third-order valence-corrected chi connectivity index (χ3v) is 4.85. The second kappa shape index (κ2) is 6.03. The van der Waals surface area contributed by atoms with E-state index in [0.29, 0.717) is 22.4 Å². The van der Waals surface area contributed by atoms with Gasteiger partial charge >= 0.3 is 0 Å². The molecule has 1 saturated heterocycles. The van der Waals surface area contributed by atoms with Crippen LogP contribution in [-0.2, 0) is 0 Å². The number of rotatable bonds is 4. The highest BCUT2D eigenvalue weighted by molar-refractivity contribution is 9.10. The first kappa shape index (κ1) is 14.8. The maximum absolute atomic E-state index is 14.2. The van der Waals surface area contributed by atoms with Crippen LogP contribution in [0.2, 0.25) is 0 Å². The Hall–Kier alpha value is -1.76. The number of pyridine rings is 1. The Morgan fingerprint density at radius 2 is 2.09 bits per heavy atom. The molecule has 0 amide bonds. The molecular weight excluding hydrogens is 361 g/mol. The largest absolute Gasteiger partial charge is 0.352 e. The monoisotopic (exact) mass is 377 g/mol. The third kappa shape index (κ3) is 3.02. The fourth-order valence-electron chi connectivity index (χ4n) is 3.26. The number of hydrogen-bond donors (Lipinski definition) is 0. The van der Waals surface area contributed by atoms with E-state index in [1.54, 1.807) is 18.7 Å². The highest BCUT2D eigenvalue weighted by Gasteiger charge is 2.38. The zero-order chi connectivity index (χ0) is 15.8. The Labute approximate surface area is 142 Å². The van der Waals surface area contributed by atoms with Gasteiger partial charge in [0.2, 0.25) is 0 Å². The van der Waals surface area contributed by atoms with Crippen molar-refractivity contribution in [3.8, 4) is 0 Å². The predicted molar refractivity (Wildman–Crippen MR) is 90.0 cm³/mol. The van der Waals surface area contributed by atoms with E-state index in [0.717, 1.165) is 25.3 Å². The van der Waals surface area contributed by atoms with Crippen LogP contribution >= 0.6 is 15.9 Å². The van der Waals surface area contributed by atoms with Crippen molar-refractivity contribution >= 4 is 27.6 Å². The maximum Gasteiger partial charge on any atom is 0.166 e. The molecule has 0 bridgehead atoms. The molecule has 1 atom stereocenters. The molecule has 0 N–H and O–H groups in total. The van der Waals surface area contributed by atoms with E-state index >= 15 is 0 Å². The van der Waals surface area contributed by atoms with Crippen molar-refractivity contribution in [3.63, 3.8) is 0 Å². The molecule has 2 aliphatic rings. The van der Waals surface area contributed by atoms with Crippen LogP contribution in [0.1, 0.15) is 19.3 Å². The van der Waals surface area contributed by atoms with Crippen LogP contribution < -0.4 is 9.80 Å². The molecule has 2 aromatic rings. The lowest BCUT2D eigenvalue weighted by Crippen LogP contribution is -2.40. The molecule has 1 saturated carbocycles. The van der Waals surface area contributed by atoms with Crippen molar-refractivity contribution in [1.82, 2.24) is 15.0 Å². The number of aromatic nitrogens is 3. The number of hydrogen-bond acceptors (Lipinski definition) is 5. The molecule has 4 rings (SSSR count). The van der Waals surface area contributed by atoms with Crippen LogP contribution in [0.3, 0.4) is 0 Å². The van der Waals surface area contributed by atoms with Crippen molar-refractivity contribution in [2.75, 3.05) is 22.9 Å². The highest BCUT2D eigenvalue weighted by atomic mass is 79.9. The van der Waals surface area contributed by atoms with E-state index in [1.807, 2.05) is 11.0 Å². The second-order valence-electron chi connectivity index (χ2n) is 6.05. The fourth-order valence-corrected chi connectivity index (χ4v) is 3.57. The lowest BCUT2D eigenvalue weighted by atomic mass is 10.2. The minimum atomic E-state index is -0.278. The van der Waals surface area contributed by atoms with Crippen LogP contribution in [-0.4, -0.2) is 40.1 Å². The van der Waals surface area contributed by atoms with E-state index in [2.05, 4.69) is 35.8 Å². The Kier molecular flexibility index (Phi) is 3.88. The average molecular weight is 378 g/mol. The van der Waals surface area contributed by atoms with Crippen LogP contribution in [0.15, 0.2) is 35.3 Å². The molecule has 23 heavy (non-hydrogen) atoms. The summed E-state index contributed by atoms with van der Waals surface area (Å²) < 4.78 is 14.8. The number of anilines is 2. The molecular formula is C16H17BrFN5. The molecule has 2 aromatic heterocycles. The lowest BCUT2D eigenvalue weighted by Gasteiger charge is -2.30. The SMILES string of the molecule is Fc1cc(Br)cnc1N1CCC(N(c2ccncn2)C2CC2)C1. The van der Waals surface area contributed by atoms with E-state index < -0.39 is 0 Å². The molecule has 1 unspecified atom stereocenters. The number of halogens is 2. The molecule has 120 valence electrons. The maximum atomic E-state index is 14.2. The van der Waals surface area contributed by atoms with Gasteiger partial charge in [-0.25, -0.2) is 19.3 Å². The molecule has 1 aliphatic heterocycles. The standard InChI is InChI=1S/C16H17BrFN5/c17-11-7-14(18)16(20-8-11)22-6-4-13(9-22)23(12-1-2-12)15-3-5-19-10-21-15/h3,5,7-8,10,12-13H,1-2,4,6,9H2. The molecule has 0 spiro atoms. The van der Waals surface area contributed by atoms with Gasteiger partial charge < -0.3 is 9.80 Å². The van der Waals surface area contributed by atoms with Gasteiger partial charge in [0.15, 0.2) is 11.6 Å². The summed E-state index contributed by atoms with van der Waals surface area (Å²) in [5, 5.41) is 0. The van der Waals surface area contributed by atoms with Gasteiger partial charge in [0.1, 0.15) is 12.1 Å². The van der Waals surface area contributed by atoms with E-state index in [4.69, 9.17) is 0 Å². The van der Waals surface area contributed by atoms with Crippen LogP contribution in [0.5, 0.6) is 0 Å². The minimum absolute atomic E-state index is 0.278. The molecule has 2 fully saturated rings. The van der Waals surface area contributed by atoms with Gasteiger partial charge in [-0.3, -0.25) is 0 Å². The summed E-state index contributed by atoms with van der Waals surface area (Å²) in [7, 11) is 0. The first-order valence-corrected chi connectivity index (χ1v) is 8.62. The van der Waals surface area contributed by atoms with Gasteiger partial charge in [-0.2, -0.15) is 0 Å². The highest BCUT2D eigenvalue weighted by Crippen LogP contribution is 2.35. The van der Waals surface area contributed by atoms with Crippen LogP contribution in [0.25, 0.3) is 0 Å². The summed E-state index contributed by atoms with van der Waals surface area (Å²) in [6.45, 7) is 1.58. The summed E-state index contributed by atoms with van der Waals surface area (Å²) in [5.74, 6) is 1.13. The van der Waals surface area contributed by atoms with Crippen molar-refractivity contribution < 1.29 is 4.39 Å². The minimum Gasteiger partial charge on any atom is -0.352 e. The first-order chi connectivity index (χ1) is 11.2. The van der Waals surface area contributed by atoms with Crippen molar-refractivity contribution in [2.45, 2.75) is 31.3 Å². The zero-order valence-corrected chi connectivity index (χ0v) is 14.2. The topological polar surface area (TPSA) is 45.2 Å². The molecule has 3 heterocycles. The third-order valence-electron chi connectivity index (χ3n) is 4.42. The molecule has 5 nitrogen and oxygen atoms in total. The van der Waals surface area contributed by atoms with Gasteiger partial charge in [0, 0.05) is 42.0 Å². The molecule has 0 aromatic carbocycles. The Balaban J connectivity index is 1.55. The molecule has 1 aliphatic carbocycles. The summed E-state index contributed by atoms with van der Waals surface area (Å²) >= 11 is 3.25. The summed E-state index contributed by atoms with van der Waals surface area (Å²) in [6.07, 6.45) is 8.40. The van der Waals surface area contributed by atoms with Gasteiger partial charge in [-0.15, -0.1) is 0 Å². The van der Waals surface area contributed by atoms with Gasteiger partial charge in [-0.1, -0.05) is 0 Å². The fraction of sp³-hybridized carbons (Fsp3) is 0.438. The summed E-state index contributed by atoms with van der Waals surface area (Å²) in [4.78, 5) is 17.1. The predicted octanol–water partition coefficient (Wildman–Crippen LogP) is 3.02. The first-order valence-electron chi connectivity index (χ1n) is 7.83. The molecule has 7 heteroatoms. The van der Waals surface area contributed by atoms with Crippen molar-refractivity contribution in [1.29, 1.82) is 0 Å². The van der Waals surface area contributed by atoms with Crippen molar-refractivity contribution in [2.24, 2.45) is 0 Å². The van der Waals surface area contributed by atoms with E-state index in [1.165, 1.54) is 18.9 Å². The van der Waals surface area contributed by atoms with Gasteiger partial charge in [0.05, 0.1) is 0 Å². The lowest BCUT2D eigenvalue weighted by molar-refractivity contribution is 0.608. The van der Waals surface area contributed by atoms with Crippen molar-refractivity contribution in [3.05, 3.63) is 41.1 Å². The van der Waals surface area contributed by atoms with E-state index in [9.17, 15) is 4.39 Å². The smallest absolute Gasteiger partial charge is 0.166 e. The van der Waals surface area contributed by atoms with Gasteiger partial charge in [-0.05, 0) is 47.3 Å². The second-order valence-corrected chi connectivity index (χ2v) is 6.97. The van der Waals surface area contributed by atoms with Crippen LogP contribution in [0.4, 0.5) is 16.0 Å². The Morgan fingerprint density at radius 3 is 2.78 bits per heavy atom. The molecule has 0 radical (unpaired) electrons. The van der Waals surface area contributed by atoms with Gasteiger partial charge in [0.25, 0.3) is 0 Å². The normalized spacial score (nSPS) is 20.8. The Morgan fingerprint density at radius 1 is 1.22 bits per heavy atom. The summed E-state index contributed by atoms with van der Waals surface area (Å²) in [6, 6.07) is 4.32. The van der Waals surface area contributed by atoms with Crippen LogP contribution in [0, 0.1) is 5.82 Å². The zero-order valence-electron chi connectivity index (χ0n) is 12.6. The van der Waals surface area contributed by atoms with E-state index in [-0.39, 0.29) is 5.82 Å². The quantitative estimate of drug-likeness (QED) is 0.819. The average Bonchev–Trinajstić information content (AvgIpc) is 3.26. The summed E-state index contributed by atoms with van der Waals surface area (Å²) in [5.41, 5.74) is 0.